The highest BCUT2D eigenvalue weighted by atomic mass is 32.2. The minimum Gasteiger partial charge on any atom is -0.481 e. The quantitative estimate of drug-likeness (QED) is 0.649. The number of amides is 1. The number of hydrogen-bond donors (Lipinski definition) is 2. The average Bonchev–Trinajstić information content (AvgIpc) is 2.85. The molecule has 2 N–H and O–H groups in total. The van der Waals surface area contributed by atoms with Gasteiger partial charge < -0.3 is 10.4 Å². The number of unbranched alkanes of at least 4 members (excludes halogenated alkanes) is 1. The summed E-state index contributed by atoms with van der Waals surface area (Å²) in [5.41, 5.74) is 0. The Labute approximate surface area is 156 Å². The molecule has 26 heavy (non-hydrogen) atoms. The van der Waals surface area contributed by atoms with Crippen LogP contribution in [-0.4, -0.2) is 54.6 Å². The number of sulfonamides is 1. The van der Waals surface area contributed by atoms with Gasteiger partial charge in [-0.25, -0.2) is 12.7 Å². The molecular weight excluding hydrogens is 356 g/mol. The normalized spacial score (nSPS) is 26.2. The fraction of sp³-hybridized carbons (Fsp3) is 0.889. The van der Waals surface area contributed by atoms with Crippen LogP contribution in [0.15, 0.2) is 0 Å². The zero-order valence-electron chi connectivity index (χ0n) is 15.7. The van der Waals surface area contributed by atoms with Crippen molar-refractivity contribution in [2.45, 2.75) is 70.8 Å². The molecule has 0 aromatic heterocycles. The first-order chi connectivity index (χ1) is 12.3. The van der Waals surface area contributed by atoms with E-state index >= 15 is 0 Å². The summed E-state index contributed by atoms with van der Waals surface area (Å²) in [6, 6.07) is -0.311. The van der Waals surface area contributed by atoms with Gasteiger partial charge in [-0.2, -0.15) is 0 Å². The van der Waals surface area contributed by atoms with E-state index in [1.807, 2.05) is 6.92 Å². The SMILES string of the molecule is CCCCS(=O)(=O)N1CCC(C(=O)N[C@H]2CCCCC[C@H]2C(=O)O)CC1. The van der Waals surface area contributed by atoms with Crippen LogP contribution in [0, 0.1) is 11.8 Å². The number of carbonyl (C=O) groups excluding carboxylic acids is 1. The third-order valence-electron chi connectivity index (χ3n) is 5.63. The first-order valence-electron chi connectivity index (χ1n) is 9.86. The molecule has 0 spiro atoms. The van der Waals surface area contributed by atoms with Gasteiger partial charge in [0, 0.05) is 25.0 Å². The van der Waals surface area contributed by atoms with Crippen LogP contribution in [0.25, 0.3) is 0 Å². The topological polar surface area (TPSA) is 104 Å². The number of carboxylic acid groups (broad SMARTS) is 1. The minimum atomic E-state index is -3.22. The predicted molar refractivity (Wildman–Crippen MR) is 99.1 cm³/mol. The van der Waals surface area contributed by atoms with Crippen molar-refractivity contribution in [3.05, 3.63) is 0 Å². The Morgan fingerprint density at radius 2 is 1.73 bits per heavy atom. The van der Waals surface area contributed by atoms with Crippen molar-refractivity contribution in [2.24, 2.45) is 11.8 Å². The van der Waals surface area contributed by atoms with Crippen LogP contribution in [-0.2, 0) is 19.6 Å². The van der Waals surface area contributed by atoms with Gasteiger partial charge >= 0.3 is 5.97 Å². The number of rotatable bonds is 7. The van der Waals surface area contributed by atoms with Crippen LogP contribution in [0.1, 0.15) is 64.7 Å². The third kappa shape index (κ3) is 5.67. The predicted octanol–water partition coefficient (Wildman–Crippen LogP) is 1.98. The standard InChI is InChI=1S/C18H32N2O5S/c1-2-3-13-26(24,25)20-11-9-14(10-12-20)17(21)19-16-8-6-4-5-7-15(16)18(22)23/h14-16H,2-13H2,1H3,(H,19,21)(H,22,23)/t15-,16+/m1/s1. The van der Waals surface area contributed by atoms with Crippen LogP contribution >= 0.6 is 0 Å². The van der Waals surface area contributed by atoms with Crippen LogP contribution in [0.2, 0.25) is 0 Å². The maximum absolute atomic E-state index is 12.6. The van der Waals surface area contributed by atoms with E-state index in [9.17, 15) is 23.1 Å². The lowest BCUT2D eigenvalue weighted by Gasteiger charge is -2.32. The molecule has 8 heteroatoms. The molecule has 0 aromatic carbocycles. The van der Waals surface area contributed by atoms with Gasteiger partial charge in [0.15, 0.2) is 0 Å². The summed E-state index contributed by atoms with van der Waals surface area (Å²) >= 11 is 0. The second kappa shape index (κ2) is 9.69. The first-order valence-corrected chi connectivity index (χ1v) is 11.5. The molecule has 2 aliphatic rings. The smallest absolute Gasteiger partial charge is 0.308 e. The van der Waals surface area contributed by atoms with Gasteiger partial charge in [0.1, 0.15) is 0 Å². The number of nitrogens with zero attached hydrogens (tertiary/aromatic N) is 1. The Hall–Kier alpha value is -1.15. The molecule has 0 unspecified atom stereocenters. The van der Waals surface area contributed by atoms with Crippen molar-refractivity contribution in [1.29, 1.82) is 0 Å². The zero-order chi connectivity index (χ0) is 19.2. The Kier molecular flexibility index (Phi) is 7.88. The highest BCUT2D eigenvalue weighted by molar-refractivity contribution is 7.89. The van der Waals surface area contributed by atoms with E-state index in [1.54, 1.807) is 0 Å². The molecule has 2 atom stereocenters. The summed E-state index contributed by atoms with van der Waals surface area (Å²) in [5, 5.41) is 12.4. The van der Waals surface area contributed by atoms with Gasteiger partial charge in [0.25, 0.3) is 0 Å². The van der Waals surface area contributed by atoms with E-state index in [-0.39, 0.29) is 23.6 Å². The highest BCUT2D eigenvalue weighted by Crippen LogP contribution is 2.26. The maximum Gasteiger partial charge on any atom is 0.308 e. The monoisotopic (exact) mass is 388 g/mol. The fourth-order valence-corrected chi connectivity index (χ4v) is 5.61. The lowest BCUT2D eigenvalue weighted by Crippen LogP contribution is -2.48. The second-order valence-corrected chi connectivity index (χ2v) is 9.63. The van der Waals surface area contributed by atoms with Gasteiger partial charge in [-0.05, 0) is 32.1 Å². The molecule has 150 valence electrons. The largest absolute Gasteiger partial charge is 0.481 e. The van der Waals surface area contributed by atoms with Crippen molar-refractivity contribution in [1.82, 2.24) is 9.62 Å². The summed E-state index contributed by atoms with van der Waals surface area (Å²) in [4.78, 5) is 24.1. The van der Waals surface area contributed by atoms with E-state index in [0.717, 1.165) is 25.7 Å². The second-order valence-electron chi connectivity index (χ2n) is 7.54. The molecule has 1 amide bonds. The number of carbonyl (C=O) groups is 2. The summed E-state index contributed by atoms with van der Waals surface area (Å²) in [6.07, 6.45) is 6.63. The van der Waals surface area contributed by atoms with Gasteiger partial charge in [-0.3, -0.25) is 9.59 Å². The number of aliphatic carboxylic acids is 1. The Bertz CT molecular complexity index is 584. The van der Waals surface area contributed by atoms with Gasteiger partial charge in [0.05, 0.1) is 11.7 Å². The lowest BCUT2D eigenvalue weighted by molar-refractivity contribution is -0.143. The molecule has 1 saturated carbocycles. The zero-order valence-corrected chi connectivity index (χ0v) is 16.5. The summed E-state index contributed by atoms with van der Waals surface area (Å²) < 4.78 is 26.0. The van der Waals surface area contributed by atoms with Crippen molar-refractivity contribution in [3.8, 4) is 0 Å². The van der Waals surface area contributed by atoms with E-state index in [2.05, 4.69) is 5.32 Å². The molecule has 0 aromatic rings. The van der Waals surface area contributed by atoms with Crippen molar-refractivity contribution < 1.29 is 23.1 Å². The number of hydrogen-bond acceptors (Lipinski definition) is 4. The average molecular weight is 389 g/mol. The highest BCUT2D eigenvalue weighted by Gasteiger charge is 2.34. The minimum absolute atomic E-state index is 0.117. The fourth-order valence-electron chi connectivity index (χ4n) is 3.93. The number of nitrogens with one attached hydrogen (secondary N) is 1. The van der Waals surface area contributed by atoms with Crippen molar-refractivity contribution in [3.63, 3.8) is 0 Å². The number of piperidine rings is 1. The lowest BCUT2D eigenvalue weighted by atomic mass is 9.92. The molecular formula is C18H32N2O5S. The van der Waals surface area contributed by atoms with Crippen molar-refractivity contribution in [2.75, 3.05) is 18.8 Å². The molecule has 1 aliphatic heterocycles. The van der Waals surface area contributed by atoms with E-state index < -0.39 is 21.9 Å². The Morgan fingerprint density at radius 1 is 1.08 bits per heavy atom. The van der Waals surface area contributed by atoms with Gasteiger partial charge in [-0.15, -0.1) is 0 Å². The summed E-state index contributed by atoms with van der Waals surface area (Å²) in [5.74, 6) is -1.54. The van der Waals surface area contributed by atoms with Gasteiger partial charge in [-0.1, -0.05) is 32.6 Å². The Morgan fingerprint density at radius 3 is 2.35 bits per heavy atom. The van der Waals surface area contributed by atoms with E-state index in [0.29, 0.717) is 45.2 Å². The summed E-state index contributed by atoms with van der Waals surface area (Å²) in [7, 11) is -3.22. The third-order valence-corrected chi connectivity index (χ3v) is 7.59. The molecule has 1 heterocycles. The van der Waals surface area contributed by atoms with Crippen LogP contribution in [0.3, 0.4) is 0 Å². The van der Waals surface area contributed by atoms with Crippen LogP contribution in [0.5, 0.6) is 0 Å². The molecule has 7 nitrogen and oxygen atoms in total. The molecule has 2 rings (SSSR count). The summed E-state index contributed by atoms with van der Waals surface area (Å²) in [6.45, 7) is 2.71. The maximum atomic E-state index is 12.6. The molecule has 0 bridgehead atoms. The van der Waals surface area contributed by atoms with Gasteiger partial charge in [0.2, 0.25) is 15.9 Å². The molecule has 1 saturated heterocycles. The van der Waals surface area contributed by atoms with Crippen LogP contribution in [0.4, 0.5) is 0 Å². The first kappa shape index (κ1) is 21.2. The van der Waals surface area contributed by atoms with E-state index in [4.69, 9.17) is 0 Å². The molecule has 2 fully saturated rings. The molecule has 0 radical (unpaired) electrons. The Balaban J connectivity index is 1.88. The van der Waals surface area contributed by atoms with Crippen LogP contribution < -0.4 is 5.32 Å². The number of carboxylic acids is 1. The van der Waals surface area contributed by atoms with E-state index in [1.165, 1.54) is 4.31 Å². The molecule has 1 aliphatic carbocycles. The van der Waals surface area contributed by atoms with Crippen molar-refractivity contribution >= 4 is 21.9 Å².